The van der Waals surface area contributed by atoms with E-state index in [9.17, 15) is 4.79 Å². The minimum absolute atomic E-state index is 0.0195. The first kappa shape index (κ1) is 23.2. The van der Waals surface area contributed by atoms with Gasteiger partial charge in [0, 0.05) is 45.8 Å². The Morgan fingerprint density at radius 2 is 1.86 bits per heavy atom. The topological polar surface area (TPSA) is 63.2 Å². The summed E-state index contributed by atoms with van der Waals surface area (Å²) in [6.45, 7) is 10.3. The monoisotopic (exact) mass is 402 g/mol. The molecule has 1 saturated heterocycles. The van der Waals surface area contributed by atoms with E-state index in [1.807, 2.05) is 24.3 Å². The maximum Gasteiger partial charge on any atom is 0.253 e. The molecule has 0 aromatic heterocycles. The number of likely N-dealkylation sites (N-methyl/N-ethyl adjacent to an activating group) is 1. The van der Waals surface area contributed by atoms with E-state index >= 15 is 0 Å². The van der Waals surface area contributed by atoms with Crippen LogP contribution in [0.3, 0.4) is 0 Å². The van der Waals surface area contributed by atoms with Crippen molar-refractivity contribution in [3.8, 4) is 0 Å². The van der Waals surface area contributed by atoms with Gasteiger partial charge in [-0.25, -0.2) is 4.99 Å². The average Bonchev–Trinajstić information content (AvgIpc) is 2.93. The molecule has 2 rings (SSSR count). The molecular weight excluding hydrogens is 364 g/mol. The van der Waals surface area contributed by atoms with Crippen LogP contribution in [-0.4, -0.2) is 93.5 Å². The van der Waals surface area contributed by atoms with E-state index in [0.29, 0.717) is 12.1 Å². The minimum atomic E-state index is 0.0195. The number of carbonyl (C=O) groups is 1. The summed E-state index contributed by atoms with van der Waals surface area (Å²) in [7, 11) is 5.73. The summed E-state index contributed by atoms with van der Waals surface area (Å²) in [5.74, 6) is 0.864. The summed E-state index contributed by atoms with van der Waals surface area (Å²) < 4.78 is 0. The highest BCUT2D eigenvalue weighted by Gasteiger charge is 2.11. The maximum atomic E-state index is 12.0. The number of hydrogen-bond acceptors (Lipinski definition) is 4. The first-order valence-corrected chi connectivity index (χ1v) is 10.7. The van der Waals surface area contributed by atoms with E-state index in [-0.39, 0.29) is 5.91 Å². The quantitative estimate of drug-likeness (QED) is 0.392. The molecule has 1 heterocycles. The van der Waals surface area contributed by atoms with Crippen LogP contribution in [0, 0.1) is 0 Å². The highest BCUT2D eigenvalue weighted by Crippen LogP contribution is 2.07. The van der Waals surface area contributed by atoms with E-state index in [4.69, 9.17) is 0 Å². The van der Waals surface area contributed by atoms with Gasteiger partial charge in [0.2, 0.25) is 0 Å². The summed E-state index contributed by atoms with van der Waals surface area (Å²) in [6.07, 6.45) is 2.36. The van der Waals surface area contributed by atoms with Gasteiger partial charge in [0.05, 0.1) is 6.54 Å². The van der Waals surface area contributed by atoms with Crippen molar-refractivity contribution in [1.29, 1.82) is 0 Å². The lowest BCUT2D eigenvalue weighted by molar-refractivity contribution is 0.0827. The summed E-state index contributed by atoms with van der Waals surface area (Å²) in [5, 5.41) is 6.75. The number of benzene rings is 1. The molecule has 0 bridgehead atoms. The zero-order valence-corrected chi connectivity index (χ0v) is 18.6. The summed E-state index contributed by atoms with van der Waals surface area (Å²) in [4.78, 5) is 23.2. The number of nitrogens with one attached hydrogen (secondary N) is 2. The molecule has 0 radical (unpaired) electrons. The Kier molecular flexibility index (Phi) is 9.94. The zero-order valence-electron chi connectivity index (χ0n) is 18.6. The number of nitrogens with zero attached hydrogens (tertiary/aromatic N) is 4. The summed E-state index contributed by atoms with van der Waals surface area (Å²) in [6, 6.07) is 7.68. The number of amides is 1. The van der Waals surface area contributed by atoms with Gasteiger partial charge in [-0.3, -0.25) is 4.79 Å². The average molecular weight is 403 g/mol. The molecule has 1 aliphatic heterocycles. The molecule has 1 amide bonds. The molecule has 0 saturated carbocycles. The SMILES string of the molecule is CCNC(=NCc1ccc(C(=O)N(C)C)cc1)NCCCN1CCCN(C)CC1. The highest BCUT2D eigenvalue weighted by atomic mass is 16.2. The number of aliphatic imine (C=N–C) groups is 1. The first-order valence-electron chi connectivity index (χ1n) is 10.7. The predicted molar refractivity (Wildman–Crippen MR) is 120 cm³/mol. The van der Waals surface area contributed by atoms with Crippen LogP contribution in [0.1, 0.15) is 35.7 Å². The molecule has 1 aromatic rings. The van der Waals surface area contributed by atoms with Crippen molar-refractivity contribution in [2.45, 2.75) is 26.3 Å². The smallest absolute Gasteiger partial charge is 0.253 e. The molecule has 1 aromatic carbocycles. The van der Waals surface area contributed by atoms with Gasteiger partial charge in [-0.2, -0.15) is 0 Å². The van der Waals surface area contributed by atoms with Gasteiger partial charge in [-0.05, 0) is 64.1 Å². The van der Waals surface area contributed by atoms with Gasteiger partial charge in [0.1, 0.15) is 0 Å². The summed E-state index contributed by atoms with van der Waals surface area (Å²) in [5.41, 5.74) is 1.79. The van der Waals surface area contributed by atoms with Crippen molar-refractivity contribution in [3.63, 3.8) is 0 Å². The third kappa shape index (κ3) is 8.41. The van der Waals surface area contributed by atoms with Gasteiger partial charge < -0.3 is 25.3 Å². The van der Waals surface area contributed by atoms with Crippen molar-refractivity contribution in [3.05, 3.63) is 35.4 Å². The fourth-order valence-electron chi connectivity index (χ4n) is 3.36. The van der Waals surface area contributed by atoms with E-state index in [1.165, 1.54) is 19.5 Å². The Bertz CT molecular complexity index is 643. The molecule has 2 N–H and O–H groups in total. The Hall–Kier alpha value is -2.12. The Morgan fingerprint density at radius 1 is 1.10 bits per heavy atom. The molecule has 29 heavy (non-hydrogen) atoms. The van der Waals surface area contributed by atoms with E-state index < -0.39 is 0 Å². The molecule has 7 nitrogen and oxygen atoms in total. The molecule has 1 fully saturated rings. The fourth-order valence-corrected chi connectivity index (χ4v) is 3.36. The third-order valence-electron chi connectivity index (χ3n) is 5.13. The van der Waals surface area contributed by atoms with Crippen LogP contribution in [0.15, 0.2) is 29.3 Å². The van der Waals surface area contributed by atoms with Crippen LogP contribution >= 0.6 is 0 Å². The Balaban J connectivity index is 1.78. The molecule has 7 heteroatoms. The molecule has 1 aliphatic rings. The zero-order chi connectivity index (χ0) is 21.1. The van der Waals surface area contributed by atoms with Gasteiger partial charge >= 0.3 is 0 Å². The molecule has 162 valence electrons. The second-order valence-electron chi connectivity index (χ2n) is 7.87. The first-order chi connectivity index (χ1) is 14.0. The van der Waals surface area contributed by atoms with Gasteiger partial charge in [0.15, 0.2) is 5.96 Å². The Morgan fingerprint density at radius 3 is 2.55 bits per heavy atom. The number of rotatable bonds is 8. The van der Waals surface area contributed by atoms with Crippen LogP contribution in [0.4, 0.5) is 0 Å². The lowest BCUT2D eigenvalue weighted by atomic mass is 10.1. The maximum absolute atomic E-state index is 12.0. The van der Waals surface area contributed by atoms with Crippen LogP contribution in [0.2, 0.25) is 0 Å². The lowest BCUT2D eigenvalue weighted by Gasteiger charge is -2.20. The molecule has 0 spiro atoms. The lowest BCUT2D eigenvalue weighted by Crippen LogP contribution is -2.39. The minimum Gasteiger partial charge on any atom is -0.357 e. The Labute approximate surface area is 176 Å². The molecule has 0 unspecified atom stereocenters. The number of hydrogen-bond donors (Lipinski definition) is 2. The second-order valence-corrected chi connectivity index (χ2v) is 7.87. The van der Waals surface area contributed by atoms with Gasteiger partial charge in [-0.15, -0.1) is 0 Å². The van der Waals surface area contributed by atoms with Gasteiger partial charge in [0.25, 0.3) is 5.91 Å². The fraction of sp³-hybridized carbons (Fsp3) is 0.636. The second kappa shape index (κ2) is 12.4. The van der Waals surface area contributed by atoms with Gasteiger partial charge in [-0.1, -0.05) is 12.1 Å². The third-order valence-corrected chi connectivity index (χ3v) is 5.13. The van der Waals surface area contributed by atoms with Crippen molar-refractivity contribution >= 4 is 11.9 Å². The summed E-state index contributed by atoms with van der Waals surface area (Å²) >= 11 is 0. The van der Waals surface area contributed by atoms with E-state index in [2.05, 4.69) is 39.4 Å². The number of carbonyl (C=O) groups excluding carboxylic acids is 1. The normalized spacial score (nSPS) is 16.3. The van der Waals surface area contributed by atoms with E-state index in [0.717, 1.165) is 50.7 Å². The van der Waals surface area contributed by atoms with E-state index in [1.54, 1.807) is 19.0 Å². The standard InChI is InChI=1S/C22H38N6O/c1-5-23-22(24-12-6-14-28-15-7-13-27(4)16-17-28)25-18-19-8-10-20(11-9-19)21(29)26(2)3/h8-11H,5-7,12-18H2,1-4H3,(H2,23,24,25). The number of guanidine groups is 1. The van der Waals surface area contributed by atoms with Crippen LogP contribution in [0.5, 0.6) is 0 Å². The van der Waals surface area contributed by atoms with Crippen molar-refractivity contribution in [2.75, 3.05) is 67.0 Å². The van der Waals surface area contributed by atoms with Crippen molar-refractivity contribution < 1.29 is 4.79 Å². The van der Waals surface area contributed by atoms with Crippen molar-refractivity contribution in [2.24, 2.45) is 4.99 Å². The van der Waals surface area contributed by atoms with Crippen molar-refractivity contribution in [1.82, 2.24) is 25.3 Å². The largest absolute Gasteiger partial charge is 0.357 e. The predicted octanol–water partition coefficient (Wildman–Crippen LogP) is 1.47. The highest BCUT2D eigenvalue weighted by molar-refractivity contribution is 5.93. The van der Waals surface area contributed by atoms with Crippen LogP contribution in [-0.2, 0) is 6.54 Å². The molecular formula is C22H38N6O. The molecule has 0 atom stereocenters. The van der Waals surface area contributed by atoms with Crippen LogP contribution in [0.25, 0.3) is 0 Å². The molecule has 0 aliphatic carbocycles. The van der Waals surface area contributed by atoms with Crippen LogP contribution < -0.4 is 10.6 Å².